The molecule has 0 atom stereocenters. The molecule has 0 saturated heterocycles. The van der Waals surface area contributed by atoms with Crippen molar-refractivity contribution in [3.05, 3.63) is 0 Å². The van der Waals surface area contributed by atoms with Gasteiger partial charge < -0.3 is 2.85 Å². The molecule has 0 spiro atoms. The Kier molecular flexibility index (Phi) is 74.6. The Balaban J connectivity index is -0.000000000833. The molecule has 0 amide bonds. The van der Waals surface area contributed by atoms with Gasteiger partial charge in [-0.05, 0) is 0 Å². The molecule has 0 saturated carbocycles. The third-order valence-electron chi connectivity index (χ3n) is 0. The van der Waals surface area contributed by atoms with Crippen LogP contribution in [0.15, 0.2) is 0 Å². The van der Waals surface area contributed by atoms with E-state index in [1.165, 1.54) is 0 Å². The zero-order chi connectivity index (χ0) is 2.00. The summed E-state index contributed by atoms with van der Waals surface area (Å²) in [6.45, 7) is 0. The number of hydrogen-bond acceptors (Lipinski definition) is 1. The van der Waals surface area contributed by atoms with Gasteiger partial charge >= 0.3 is 62.0 Å². The van der Waals surface area contributed by atoms with Crippen LogP contribution in [-0.4, -0.2) is 55.1 Å². The van der Waals surface area contributed by atoms with Gasteiger partial charge in [0.2, 0.25) is 0 Å². The van der Waals surface area contributed by atoms with Gasteiger partial charge in [-0.15, -0.1) is 0 Å². The maximum absolute atomic E-state index is 8.30. The third kappa shape index (κ3) is 8.84. The van der Waals surface area contributed by atoms with Gasteiger partial charge in [-0.3, -0.25) is 0 Å². The van der Waals surface area contributed by atoms with E-state index < -0.39 is 0 Å². The molecule has 0 radical (unpaired) electrons. The van der Waals surface area contributed by atoms with Gasteiger partial charge in [0.05, 0.1) is 0 Å². The van der Waals surface area contributed by atoms with E-state index in [0.29, 0.717) is 21.0 Å². The normalized spacial score (nSPS) is 0.750. The Morgan fingerprint density at radius 3 is 1.50 bits per heavy atom. The summed E-state index contributed by atoms with van der Waals surface area (Å²) in [7, 11) is 0. The zero-order valence-electron chi connectivity index (χ0n) is 3.56. The van der Waals surface area contributed by atoms with E-state index in [-0.39, 0.29) is 58.0 Å². The average molecular weight is 181 g/mol. The average Bonchev–Trinajstić information content (AvgIpc) is 1.00. The molecule has 0 aromatic rings. The van der Waals surface area contributed by atoms with Gasteiger partial charge in [-0.25, -0.2) is 0 Å². The van der Waals surface area contributed by atoms with Crippen LogP contribution in [0.3, 0.4) is 0 Å². The summed E-state index contributed by atoms with van der Waals surface area (Å²) >= 11 is 0.500. The summed E-state index contributed by atoms with van der Waals surface area (Å²) in [5.41, 5.74) is 0. The van der Waals surface area contributed by atoms with Crippen molar-refractivity contribution in [2.45, 2.75) is 0 Å². The van der Waals surface area contributed by atoms with Crippen LogP contribution in [0.5, 0.6) is 0 Å². The fourth-order valence-corrected chi connectivity index (χ4v) is 0. The topological polar surface area (TPSA) is 17.1 Å². The van der Waals surface area contributed by atoms with Crippen LogP contribution in [0.25, 0.3) is 0 Å². The molecule has 0 fully saturated rings. The Morgan fingerprint density at radius 1 is 1.50 bits per heavy atom. The van der Waals surface area contributed by atoms with E-state index in [9.17, 15) is 0 Å². The molecule has 0 bridgehead atoms. The molecule has 0 aliphatic carbocycles. The maximum atomic E-state index is 8.30. The van der Waals surface area contributed by atoms with Gasteiger partial charge in [0, 0.05) is 0 Å². The van der Waals surface area contributed by atoms with Gasteiger partial charge in [-0.2, -0.15) is 0 Å². The van der Waals surface area contributed by atoms with Crippen molar-refractivity contribution in [2.24, 2.45) is 0 Å². The first-order valence-corrected chi connectivity index (χ1v) is 1.08. The van der Waals surface area contributed by atoms with Gasteiger partial charge in [0.1, 0.15) is 0 Å². The Labute approximate surface area is 80.9 Å². The molecule has 0 heterocycles. The van der Waals surface area contributed by atoms with Crippen LogP contribution in [0.4, 0.5) is 0 Å². The van der Waals surface area contributed by atoms with Crippen LogP contribution < -0.4 is 0 Å². The van der Waals surface area contributed by atoms with E-state index >= 15 is 0 Å². The predicted octanol–water partition coefficient (Wildman–Crippen LogP) is -1.46. The molecule has 4 heavy (non-hydrogen) atoms. The van der Waals surface area contributed by atoms with E-state index in [2.05, 4.69) is 0 Å². The van der Waals surface area contributed by atoms with Crippen molar-refractivity contribution in [2.75, 3.05) is 0 Å². The Bertz CT molecular complexity index is 13.5. The third-order valence-corrected chi connectivity index (χ3v) is 0. The van der Waals surface area contributed by atoms with Crippen molar-refractivity contribution in [1.29, 1.82) is 0 Å². The van der Waals surface area contributed by atoms with Crippen LogP contribution >= 0.6 is 0 Å². The summed E-state index contributed by atoms with van der Waals surface area (Å²) < 4.78 is 8.30. The molecule has 0 aromatic heterocycles. The molecule has 0 unspecified atom stereocenters. The summed E-state index contributed by atoms with van der Waals surface area (Å²) in [5.74, 6) is 0. The van der Waals surface area contributed by atoms with E-state index in [0.717, 1.165) is 0 Å². The molecule has 0 N–H and O–H groups in total. The number of rotatable bonds is 0. The molecule has 0 aliphatic heterocycles. The Hall–Kier alpha value is 2.33. The predicted molar refractivity (Wildman–Crippen MR) is 18.6 cm³/mol. The molecule has 0 rings (SSSR count). The number of hydrogen-bond donors (Lipinski definition) is 0. The van der Waals surface area contributed by atoms with E-state index in [1.54, 1.807) is 0 Å². The van der Waals surface area contributed by atoms with Crippen molar-refractivity contribution >= 4 is 55.1 Å². The Morgan fingerprint density at radius 2 is 1.50 bits per heavy atom. The molecule has 4 heteroatoms. The molecule has 21 valence electrons. The van der Waals surface area contributed by atoms with E-state index in [1.807, 2.05) is 0 Å². The first kappa shape index (κ1) is 16.2. The van der Waals surface area contributed by atoms with Crippen molar-refractivity contribution in [1.82, 2.24) is 0 Å². The second-order valence-electron chi connectivity index (χ2n) is 0. The fraction of sp³-hybridized carbons (Fsp3) is 0. The zero-order valence-corrected chi connectivity index (χ0v) is 5.97. The van der Waals surface area contributed by atoms with Crippen molar-refractivity contribution < 1.29 is 27.1 Å². The van der Waals surface area contributed by atoms with Gasteiger partial charge in [0.15, 0.2) is 17.4 Å². The summed E-state index contributed by atoms with van der Waals surface area (Å²) in [4.78, 5) is 0. The molecule has 0 aliphatic rings. The van der Waals surface area contributed by atoms with Crippen LogP contribution in [0.2, 0.25) is 0 Å². The first-order valence-electron chi connectivity index (χ1n) is 0.183. The molecule has 0 aromatic carbocycles. The second-order valence-corrected chi connectivity index (χ2v) is 0. The van der Waals surface area contributed by atoms with Crippen LogP contribution in [0, 0.1) is 0 Å². The van der Waals surface area contributed by atoms with Gasteiger partial charge in [-0.1, -0.05) is 0 Å². The van der Waals surface area contributed by atoms with E-state index in [4.69, 9.17) is 3.25 Å². The molecule has 1 nitrogen and oxygen atoms in total. The summed E-state index contributed by atoms with van der Waals surface area (Å²) in [5, 5.41) is 0. The first-order chi connectivity index (χ1) is 1.00. The summed E-state index contributed by atoms with van der Waals surface area (Å²) in [6, 6.07) is 0. The van der Waals surface area contributed by atoms with Crippen LogP contribution in [-0.2, 0) is 24.3 Å². The van der Waals surface area contributed by atoms with Crippen molar-refractivity contribution in [3.8, 4) is 0 Å². The summed E-state index contributed by atoms with van der Waals surface area (Å²) in [6.07, 6.45) is 0. The molecular formula is H5AlCaNbO. The molecular weight excluding hydrogens is 176 g/mol. The quantitative estimate of drug-likeness (QED) is 0.417. The standard InChI is InChI=1S/Al.Ca.Nb.O.5H/q;+2;;;;;;2*-1. The fourth-order valence-electron chi connectivity index (χ4n) is 0. The van der Waals surface area contributed by atoms with Crippen LogP contribution in [0.1, 0.15) is 2.85 Å². The minimum atomic E-state index is 0. The van der Waals surface area contributed by atoms with Crippen molar-refractivity contribution in [3.63, 3.8) is 0 Å². The SMILES string of the molecule is [AlH3].[Ca+2].[H-].[H-].[O]=[Nb]. The minimum absolute atomic E-state index is 0. The second kappa shape index (κ2) is 18.4. The monoisotopic (exact) mass is 181 g/mol. The van der Waals surface area contributed by atoms with Gasteiger partial charge in [0.25, 0.3) is 0 Å².